The van der Waals surface area contributed by atoms with Crippen molar-refractivity contribution in [2.45, 2.75) is 57.4 Å². The van der Waals surface area contributed by atoms with Gasteiger partial charge in [-0.15, -0.1) is 5.10 Å². The molecule has 1 aromatic heterocycles. The van der Waals surface area contributed by atoms with Crippen molar-refractivity contribution in [3.05, 3.63) is 11.4 Å². The average molecular weight is 230 g/mol. The van der Waals surface area contributed by atoms with E-state index in [1.807, 2.05) is 0 Å². The van der Waals surface area contributed by atoms with Gasteiger partial charge in [-0.2, -0.15) is 5.26 Å². The highest BCUT2D eigenvalue weighted by molar-refractivity contribution is 5.21. The molecule has 4 heteroatoms. The molecule has 0 radical (unpaired) electrons. The zero-order valence-electron chi connectivity index (χ0n) is 10.3. The van der Waals surface area contributed by atoms with Crippen molar-refractivity contribution in [3.63, 3.8) is 0 Å². The van der Waals surface area contributed by atoms with Crippen LogP contribution in [0.15, 0.2) is 0 Å². The van der Waals surface area contributed by atoms with Crippen LogP contribution in [0.2, 0.25) is 0 Å². The van der Waals surface area contributed by atoms with Crippen molar-refractivity contribution in [3.8, 4) is 6.07 Å². The molecule has 0 aromatic carbocycles. The molecule has 0 aliphatic heterocycles. The van der Waals surface area contributed by atoms with Gasteiger partial charge in [0.1, 0.15) is 5.69 Å². The van der Waals surface area contributed by atoms with Gasteiger partial charge >= 0.3 is 0 Å². The Balaban J connectivity index is 1.93. The minimum Gasteiger partial charge on any atom is -0.246 e. The van der Waals surface area contributed by atoms with E-state index in [1.165, 1.54) is 37.8 Å². The fraction of sp³-hybridized carbons (Fsp3) is 0.769. The van der Waals surface area contributed by atoms with Crippen LogP contribution in [0, 0.1) is 17.2 Å². The van der Waals surface area contributed by atoms with Crippen LogP contribution in [0.5, 0.6) is 0 Å². The molecule has 2 aliphatic carbocycles. The van der Waals surface area contributed by atoms with Gasteiger partial charge in [-0.3, -0.25) is 0 Å². The molecule has 17 heavy (non-hydrogen) atoms. The molecular weight excluding hydrogens is 212 g/mol. The van der Waals surface area contributed by atoms with Gasteiger partial charge in [-0.25, -0.2) is 4.68 Å². The second-order valence-electron chi connectivity index (χ2n) is 5.41. The van der Waals surface area contributed by atoms with Gasteiger partial charge in [0, 0.05) is 5.92 Å². The largest absolute Gasteiger partial charge is 0.246 e. The van der Waals surface area contributed by atoms with Crippen LogP contribution in [0.4, 0.5) is 0 Å². The molecule has 3 rings (SSSR count). The summed E-state index contributed by atoms with van der Waals surface area (Å²) in [5.74, 6) is 1.39. The Morgan fingerprint density at radius 2 is 2.18 bits per heavy atom. The Hall–Kier alpha value is -1.37. The van der Waals surface area contributed by atoms with Gasteiger partial charge in [0.25, 0.3) is 0 Å². The van der Waals surface area contributed by atoms with Gasteiger partial charge < -0.3 is 0 Å². The molecule has 1 atom stereocenters. The highest BCUT2D eigenvalue weighted by atomic mass is 15.4. The van der Waals surface area contributed by atoms with Crippen molar-refractivity contribution in [1.29, 1.82) is 5.26 Å². The molecule has 1 aromatic rings. The zero-order chi connectivity index (χ0) is 11.8. The van der Waals surface area contributed by atoms with Crippen LogP contribution < -0.4 is 0 Å². The number of aromatic nitrogens is 3. The average Bonchev–Trinajstić information content (AvgIpc) is 3.02. The first-order chi connectivity index (χ1) is 8.31. The first kappa shape index (κ1) is 10.8. The topological polar surface area (TPSA) is 54.5 Å². The van der Waals surface area contributed by atoms with Crippen LogP contribution in [-0.2, 0) is 6.42 Å². The van der Waals surface area contributed by atoms with Gasteiger partial charge in [-0.05, 0) is 38.5 Å². The van der Waals surface area contributed by atoms with Crippen LogP contribution in [0.25, 0.3) is 0 Å². The van der Waals surface area contributed by atoms with E-state index in [9.17, 15) is 0 Å². The van der Waals surface area contributed by atoms with E-state index in [1.54, 1.807) is 0 Å². The molecule has 2 aliphatic rings. The van der Waals surface area contributed by atoms with Crippen LogP contribution >= 0.6 is 0 Å². The van der Waals surface area contributed by atoms with Gasteiger partial charge in [0.15, 0.2) is 0 Å². The Kier molecular flexibility index (Phi) is 2.62. The Bertz CT molecular complexity index is 448. The smallest absolute Gasteiger partial charge is 0.100 e. The Morgan fingerprint density at radius 3 is 2.71 bits per heavy atom. The van der Waals surface area contributed by atoms with E-state index in [-0.39, 0.29) is 0 Å². The number of nitriles is 1. The van der Waals surface area contributed by atoms with Crippen molar-refractivity contribution in [2.75, 3.05) is 0 Å². The maximum absolute atomic E-state index is 8.86. The standard InChI is InChI=1S/C13H18N4/c1-9(10-5-6-10)17-13(11-3-2-4-11)12(7-8-14)15-16-17/h9-11H,2-7H2,1H3. The Labute approximate surface area is 102 Å². The lowest BCUT2D eigenvalue weighted by molar-refractivity contribution is 0.350. The number of rotatable bonds is 4. The quantitative estimate of drug-likeness (QED) is 0.798. The predicted molar refractivity (Wildman–Crippen MR) is 63.4 cm³/mol. The molecule has 0 N–H and O–H groups in total. The summed E-state index contributed by atoms with van der Waals surface area (Å²) in [5.41, 5.74) is 2.18. The third kappa shape index (κ3) is 1.84. The molecule has 0 saturated heterocycles. The van der Waals surface area contributed by atoms with Gasteiger partial charge in [0.05, 0.1) is 24.2 Å². The summed E-state index contributed by atoms with van der Waals surface area (Å²) in [4.78, 5) is 0. The maximum Gasteiger partial charge on any atom is 0.100 e. The van der Waals surface area contributed by atoms with Crippen molar-refractivity contribution in [2.24, 2.45) is 5.92 Å². The normalized spacial score (nSPS) is 21.9. The van der Waals surface area contributed by atoms with Crippen LogP contribution in [0.3, 0.4) is 0 Å². The fourth-order valence-corrected chi connectivity index (χ4v) is 2.72. The monoisotopic (exact) mass is 230 g/mol. The van der Waals surface area contributed by atoms with Gasteiger partial charge in [-0.1, -0.05) is 11.6 Å². The molecule has 90 valence electrons. The van der Waals surface area contributed by atoms with Crippen molar-refractivity contribution in [1.82, 2.24) is 15.0 Å². The molecule has 4 nitrogen and oxygen atoms in total. The molecule has 1 heterocycles. The summed E-state index contributed by atoms with van der Waals surface area (Å²) in [6.45, 7) is 2.24. The lowest BCUT2D eigenvalue weighted by Crippen LogP contribution is -2.20. The van der Waals surface area contributed by atoms with Crippen molar-refractivity contribution >= 4 is 0 Å². The van der Waals surface area contributed by atoms with E-state index >= 15 is 0 Å². The summed E-state index contributed by atoms with van der Waals surface area (Å²) in [6, 6.07) is 2.67. The second kappa shape index (κ2) is 4.14. The third-order valence-electron chi connectivity index (χ3n) is 4.23. The molecule has 2 fully saturated rings. The Morgan fingerprint density at radius 1 is 1.41 bits per heavy atom. The summed E-state index contributed by atoms with van der Waals surface area (Å²) in [7, 11) is 0. The predicted octanol–water partition coefficient (Wildman–Crippen LogP) is 2.58. The second-order valence-corrected chi connectivity index (χ2v) is 5.41. The van der Waals surface area contributed by atoms with E-state index in [2.05, 4.69) is 28.0 Å². The molecule has 0 spiro atoms. The SMILES string of the molecule is CC(C1CC1)n1nnc(CC#N)c1C1CCC1. The zero-order valence-corrected chi connectivity index (χ0v) is 10.3. The summed E-state index contributed by atoms with van der Waals surface area (Å²) < 4.78 is 2.12. The van der Waals surface area contributed by atoms with Gasteiger partial charge in [0.2, 0.25) is 0 Å². The number of nitrogens with zero attached hydrogens (tertiary/aromatic N) is 4. The molecule has 2 saturated carbocycles. The first-order valence-electron chi connectivity index (χ1n) is 6.62. The van der Waals surface area contributed by atoms with E-state index in [0.29, 0.717) is 18.4 Å². The fourth-order valence-electron chi connectivity index (χ4n) is 2.72. The molecule has 0 amide bonds. The van der Waals surface area contributed by atoms with Crippen LogP contribution in [0.1, 0.15) is 62.4 Å². The summed E-state index contributed by atoms with van der Waals surface area (Å²) >= 11 is 0. The lowest BCUT2D eigenvalue weighted by atomic mass is 9.81. The van der Waals surface area contributed by atoms with Crippen molar-refractivity contribution < 1.29 is 0 Å². The number of hydrogen-bond acceptors (Lipinski definition) is 3. The lowest BCUT2D eigenvalue weighted by Gasteiger charge is -2.28. The maximum atomic E-state index is 8.86. The molecular formula is C13H18N4. The summed E-state index contributed by atoms with van der Waals surface area (Å²) in [6.07, 6.45) is 6.83. The number of hydrogen-bond donors (Lipinski definition) is 0. The minimum atomic E-state index is 0.406. The first-order valence-corrected chi connectivity index (χ1v) is 6.62. The highest BCUT2D eigenvalue weighted by Crippen LogP contribution is 2.43. The highest BCUT2D eigenvalue weighted by Gasteiger charge is 2.35. The van der Waals surface area contributed by atoms with Crippen LogP contribution in [-0.4, -0.2) is 15.0 Å². The molecule has 1 unspecified atom stereocenters. The van der Waals surface area contributed by atoms with E-state index in [0.717, 1.165) is 11.6 Å². The molecule has 0 bridgehead atoms. The van der Waals surface area contributed by atoms with E-state index in [4.69, 9.17) is 5.26 Å². The minimum absolute atomic E-state index is 0.406. The van der Waals surface area contributed by atoms with E-state index < -0.39 is 0 Å². The third-order valence-corrected chi connectivity index (χ3v) is 4.23. The summed E-state index contributed by atoms with van der Waals surface area (Å²) in [5, 5.41) is 17.4.